The van der Waals surface area contributed by atoms with E-state index in [1.807, 2.05) is 30.5 Å². The summed E-state index contributed by atoms with van der Waals surface area (Å²) in [6.07, 6.45) is 1.84. The van der Waals surface area contributed by atoms with Crippen LogP contribution in [0.1, 0.15) is 10.4 Å². The van der Waals surface area contributed by atoms with Crippen molar-refractivity contribution in [3.63, 3.8) is 0 Å². The van der Waals surface area contributed by atoms with Crippen LogP contribution in [-0.4, -0.2) is 10.9 Å². The average molecular weight is 271 g/mol. The largest absolute Gasteiger partial charge is 0.361 e. The first-order valence-electron chi connectivity index (χ1n) is 5.88. The fourth-order valence-electron chi connectivity index (χ4n) is 2.03. The van der Waals surface area contributed by atoms with Gasteiger partial charge in [0.25, 0.3) is 5.91 Å². The van der Waals surface area contributed by atoms with Crippen molar-refractivity contribution in [1.29, 1.82) is 0 Å². The first-order valence-corrected chi connectivity index (χ1v) is 6.25. The Balaban J connectivity index is 1.95. The van der Waals surface area contributed by atoms with E-state index in [1.165, 1.54) is 0 Å². The molecule has 0 aliphatic heterocycles. The molecule has 0 spiro atoms. The molecule has 3 rings (SSSR count). The molecule has 0 aliphatic rings. The van der Waals surface area contributed by atoms with Crippen LogP contribution in [-0.2, 0) is 0 Å². The number of amides is 1. The quantitative estimate of drug-likeness (QED) is 0.724. The number of carbonyl (C=O) groups excluding carboxylic acids is 1. The number of halogens is 1. The number of hydrogen-bond acceptors (Lipinski definition) is 1. The van der Waals surface area contributed by atoms with E-state index in [1.54, 1.807) is 24.3 Å². The summed E-state index contributed by atoms with van der Waals surface area (Å²) < 4.78 is 0. The molecule has 0 bridgehead atoms. The van der Waals surface area contributed by atoms with Crippen molar-refractivity contribution in [3.05, 3.63) is 65.3 Å². The van der Waals surface area contributed by atoms with E-state index in [0.29, 0.717) is 10.6 Å². The Morgan fingerprint density at radius 3 is 2.74 bits per heavy atom. The summed E-state index contributed by atoms with van der Waals surface area (Å²) in [6, 6.07) is 14.6. The van der Waals surface area contributed by atoms with Gasteiger partial charge in [0, 0.05) is 17.1 Å². The highest BCUT2D eigenvalue weighted by molar-refractivity contribution is 6.34. The van der Waals surface area contributed by atoms with Gasteiger partial charge in [-0.25, -0.2) is 0 Å². The van der Waals surface area contributed by atoms with E-state index in [9.17, 15) is 4.79 Å². The Labute approximate surface area is 115 Å². The third-order valence-electron chi connectivity index (χ3n) is 2.96. The lowest BCUT2D eigenvalue weighted by Gasteiger charge is -2.07. The van der Waals surface area contributed by atoms with Gasteiger partial charge in [0.2, 0.25) is 0 Å². The molecular formula is C15H11ClN2O. The number of hydrogen-bond donors (Lipinski definition) is 2. The molecule has 0 fully saturated rings. The molecule has 1 amide bonds. The normalized spacial score (nSPS) is 10.6. The van der Waals surface area contributed by atoms with Gasteiger partial charge in [-0.3, -0.25) is 4.79 Å². The third kappa shape index (κ3) is 2.20. The zero-order valence-corrected chi connectivity index (χ0v) is 10.7. The van der Waals surface area contributed by atoms with Crippen LogP contribution in [0.25, 0.3) is 10.9 Å². The number of aromatic nitrogens is 1. The molecule has 0 atom stereocenters. The zero-order chi connectivity index (χ0) is 13.2. The fraction of sp³-hybridized carbons (Fsp3) is 0. The summed E-state index contributed by atoms with van der Waals surface area (Å²) in [5.41, 5.74) is 2.22. The standard InChI is InChI=1S/C15H11ClN2O/c16-12-5-2-1-4-10(12)15(19)18-14-7-3-6-13-11(14)8-9-17-13/h1-9,17H,(H,18,19). The van der Waals surface area contributed by atoms with E-state index in [2.05, 4.69) is 10.3 Å². The van der Waals surface area contributed by atoms with Gasteiger partial charge in [-0.05, 0) is 30.3 Å². The zero-order valence-electron chi connectivity index (χ0n) is 9.98. The molecule has 3 aromatic rings. The van der Waals surface area contributed by atoms with Gasteiger partial charge < -0.3 is 10.3 Å². The minimum absolute atomic E-state index is 0.209. The van der Waals surface area contributed by atoms with E-state index in [4.69, 9.17) is 11.6 Å². The summed E-state index contributed by atoms with van der Waals surface area (Å²) in [4.78, 5) is 15.3. The van der Waals surface area contributed by atoms with Crippen molar-refractivity contribution >= 4 is 34.1 Å². The van der Waals surface area contributed by atoms with E-state index in [0.717, 1.165) is 16.6 Å². The van der Waals surface area contributed by atoms with Crippen molar-refractivity contribution in [3.8, 4) is 0 Å². The van der Waals surface area contributed by atoms with Crippen LogP contribution in [0.4, 0.5) is 5.69 Å². The summed E-state index contributed by atoms with van der Waals surface area (Å²) in [5.74, 6) is -0.209. The van der Waals surface area contributed by atoms with Gasteiger partial charge in [-0.15, -0.1) is 0 Å². The predicted octanol–water partition coefficient (Wildman–Crippen LogP) is 4.07. The second kappa shape index (κ2) is 4.78. The van der Waals surface area contributed by atoms with Gasteiger partial charge in [-0.2, -0.15) is 0 Å². The van der Waals surface area contributed by atoms with Crippen LogP contribution in [0.3, 0.4) is 0 Å². The maximum absolute atomic E-state index is 12.2. The third-order valence-corrected chi connectivity index (χ3v) is 3.29. The molecule has 94 valence electrons. The molecule has 0 unspecified atom stereocenters. The molecule has 1 heterocycles. The summed E-state index contributed by atoms with van der Waals surface area (Å²) in [7, 11) is 0. The highest BCUT2D eigenvalue weighted by Crippen LogP contribution is 2.24. The van der Waals surface area contributed by atoms with Crippen LogP contribution < -0.4 is 5.32 Å². The molecule has 0 saturated heterocycles. The molecule has 3 nitrogen and oxygen atoms in total. The van der Waals surface area contributed by atoms with Crippen molar-refractivity contribution in [2.24, 2.45) is 0 Å². The number of rotatable bonds is 2. The van der Waals surface area contributed by atoms with Crippen molar-refractivity contribution in [1.82, 2.24) is 4.98 Å². The molecule has 19 heavy (non-hydrogen) atoms. The Kier molecular flexibility index (Phi) is 2.97. The molecule has 2 N–H and O–H groups in total. The SMILES string of the molecule is O=C(Nc1cccc2[nH]ccc12)c1ccccc1Cl. The molecule has 0 radical (unpaired) electrons. The van der Waals surface area contributed by atoms with Crippen molar-refractivity contribution in [2.45, 2.75) is 0 Å². The van der Waals surface area contributed by atoms with Crippen LogP contribution in [0.2, 0.25) is 5.02 Å². The lowest BCUT2D eigenvalue weighted by molar-refractivity contribution is 0.102. The minimum Gasteiger partial charge on any atom is -0.361 e. The van der Waals surface area contributed by atoms with Crippen LogP contribution in [0.5, 0.6) is 0 Å². The first-order chi connectivity index (χ1) is 9.25. The Hall–Kier alpha value is -2.26. The number of fused-ring (bicyclic) bond motifs is 1. The van der Waals surface area contributed by atoms with Crippen molar-refractivity contribution in [2.75, 3.05) is 5.32 Å². The highest BCUT2D eigenvalue weighted by Gasteiger charge is 2.11. The molecule has 4 heteroatoms. The Morgan fingerprint density at radius 2 is 1.89 bits per heavy atom. The lowest BCUT2D eigenvalue weighted by atomic mass is 10.2. The maximum Gasteiger partial charge on any atom is 0.257 e. The fourth-order valence-corrected chi connectivity index (χ4v) is 2.25. The van der Waals surface area contributed by atoms with Gasteiger partial charge in [0.15, 0.2) is 0 Å². The number of benzene rings is 2. The lowest BCUT2D eigenvalue weighted by Crippen LogP contribution is -2.12. The smallest absolute Gasteiger partial charge is 0.257 e. The number of anilines is 1. The van der Waals surface area contributed by atoms with Gasteiger partial charge in [0.1, 0.15) is 0 Å². The average Bonchev–Trinajstić information content (AvgIpc) is 2.88. The van der Waals surface area contributed by atoms with Crippen LogP contribution in [0, 0.1) is 0 Å². The van der Waals surface area contributed by atoms with Gasteiger partial charge in [0.05, 0.1) is 16.3 Å². The van der Waals surface area contributed by atoms with Crippen LogP contribution >= 0.6 is 11.6 Å². The van der Waals surface area contributed by atoms with E-state index in [-0.39, 0.29) is 5.91 Å². The molecule has 1 aromatic heterocycles. The second-order valence-corrected chi connectivity index (χ2v) is 4.59. The van der Waals surface area contributed by atoms with Crippen molar-refractivity contribution < 1.29 is 4.79 Å². The van der Waals surface area contributed by atoms with Gasteiger partial charge in [-0.1, -0.05) is 29.8 Å². The number of carbonyl (C=O) groups is 1. The van der Waals surface area contributed by atoms with Crippen LogP contribution in [0.15, 0.2) is 54.7 Å². The number of H-pyrrole nitrogens is 1. The monoisotopic (exact) mass is 270 g/mol. The minimum atomic E-state index is -0.209. The van der Waals surface area contributed by atoms with E-state index >= 15 is 0 Å². The maximum atomic E-state index is 12.2. The summed E-state index contributed by atoms with van der Waals surface area (Å²) >= 11 is 6.02. The highest BCUT2D eigenvalue weighted by atomic mass is 35.5. The number of aromatic amines is 1. The summed E-state index contributed by atoms with van der Waals surface area (Å²) in [5, 5.41) is 4.31. The Bertz CT molecular complexity index is 748. The van der Waals surface area contributed by atoms with E-state index < -0.39 is 0 Å². The molecular weight excluding hydrogens is 260 g/mol. The summed E-state index contributed by atoms with van der Waals surface area (Å²) in [6.45, 7) is 0. The van der Waals surface area contributed by atoms with Gasteiger partial charge >= 0.3 is 0 Å². The molecule has 0 saturated carbocycles. The topological polar surface area (TPSA) is 44.9 Å². The predicted molar refractivity (Wildman–Crippen MR) is 77.7 cm³/mol. The Morgan fingerprint density at radius 1 is 1.05 bits per heavy atom. The first kappa shape index (κ1) is 11.8. The second-order valence-electron chi connectivity index (χ2n) is 4.18. The molecule has 0 aliphatic carbocycles. The molecule has 2 aromatic carbocycles. The number of nitrogens with one attached hydrogen (secondary N) is 2.